The summed E-state index contributed by atoms with van der Waals surface area (Å²) in [5.74, 6) is 0. The summed E-state index contributed by atoms with van der Waals surface area (Å²) in [6, 6.07) is 55.5. The molecule has 0 amide bonds. The van der Waals surface area contributed by atoms with Gasteiger partial charge in [0.25, 0.3) is 0 Å². The highest BCUT2D eigenvalue weighted by Gasteiger charge is 2.18. The third-order valence-corrected chi connectivity index (χ3v) is 8.66. The number of aromatic nitrogens is 1. The predicted octanol–water partition coefficient (Wildman–Crippen LogP) is 11.0. The molecular formula is C40H25N. The van der Waals surface area contributed by atoms with Crippen molar-refractivity contribution in [2.45, 2.75) is 0 Å². The van der Waals surface area contributed by atoms with E-state index in [2.05, 4.69) is 156 Å². The average Bonchev–Trinajstić information content (AvgIpc) is 3.55. The van der Waals surface area contributed by atoms with Crippen LogP contribution in [-0.4, -0.2) is 4.40 Å². The van der Waals surface area contributed by atoms with Crippen molar-refractivity contribution in [3.8, 4) is 33.4 Å². The highest BCUT2D eigenvalue weighted by molar-refractivity contribution is 6.25. The Labute approximate surface area is 237 Å². The van der Waals surface area contributed by atoms with Crippen molar-refractivity contribution >= 4 is 48.9 Å². The molecule has 0 aliphatic carbocycles. The van der Waals surface area contributed by atoms with E-state index in [0.717, 1.165) is 0 Å². The van der Waals surface area contributed by atoms with Crippen LogP contribution in [0.5, 0.6) is 0 Å². The van der Waals surface area contributed by atoms with E-state index >= 15 is 0 Å². The fourth-order valence-corrected chi connectivity index (χ4v) is 6.73. The molecule has 0 aliphatic rings. The quantitative estimate of drug-likeness (QED) is 0.219. The van der Waals surface area contributed by atoms with Gasteiger partial charge in [-0.15, -0.1) is 0 Å². The lowest BCUT2D eigenvalue weighted by atomic mass is 9.93. The molecule has 2 heterocycles. The van der Waals surface area contributed by atoms with Gasteiger partial charge >= 0.3 is 0 Å². The van der Waals surface area contributed by atoms with Crippen LogP contribution < -0.4 is 0 Å². The number of hydrogen-bond acceptors (Lipinski definition) is 0. The van der Waals surface area contributed by atoms with Gasteiger partial charge in [0.2, 0.25) is 0 Å². The molecule has 0 saturated carbocycles. The third kappa shape index (κ3) is 3.36. The van der Waals surface area contributed by atoms with Crippen LogP contribution in [0.25, 0.3) is 82.2 Å². The Kier molecular flexibility index (Phi) is 4.67. The van der Waals surface area contributed by atoms with E-state index in [0.29, 0.717) is 0 Å². The van der Waals surface area contributed by atoms with Crippen molar-refractivity contribution in [1.29, 1.82) is 0 Å². The molecule has 0 atom stereocenters. The van der Waals surface area contributed by atoms with Gasteiger partial charge in [0.15, 0.2) is 0 Å². The molecule has 0 unspecified atom stereocenters. The Bertz CT molecular complexity index is 2340. The summed E-state index contributed by atoms with van der Waals surface area (Å²) in [7, 11) is 0. The molecule has 0 aliphatic heterocycles. The minimum Gasteiger partial charge on any atom is -0.308 e. The van der Waals surface area contributed by atoms with E-state index in [1.807, 2.05) is 0 Å². The van der Waals surface area contributed by atoms with Crippen molar-refractivity contribution in [3.63, 3.8) is 0 Å². The molecule has 7 aromatic carbocycles. The Morgan fingerprint density at radius 1 is 0.293 bits per heavy atom. The SMILES string of the molecule is c1ccc(-c2cc(-c3ccccc3)cc(-c3ccc4c(c3)c3cccc5c6cc7ccccc7cc6n4c35)c2)cc1. The summed E-state index contributed by atoms with van der Waals surface area (Å²) >= 11 is 0. The van der Waals surface area contributed by atoms with Gasteiger partial charge in [0.05, 0.1) is 16.6 Å². The largest absolute Gasteiger partial charge is 0.308 e. The van der Waals surface area contributed by atoms with E-state index in [9.17, 15) is 0 Å². The smallest absolute Gasteiger partial charge is 0.0620 e. The number of hydrogen-bond donors (Lipinski definition) is 0. The highest BCUT2D eigenvalue weighted by Crippen LogP contribution is 2.42. The zero-order chi connectivity index (χ0) is 26.9. The van der Waals surface area contributed by atoms with Crippen molar-refractivity contribution in [1.82, 2.24) is 4.40 Å². The Hall–Kier alpha value is -5.40. The van der Waals surface area contributed by atoms with Gasteiger partial charge in [-0.2, -0.15) is 0 Å². The fraction of sp³-hybridized carbons (Fsp3) is 0. The van der Waals surface area contributed by atoms with Crippen LogP contribution in [0.1, 0.15) is 0 Å². The first-order chi connectivity index (χ1) is 20.3. The molecule has 1 nitrogen and oxygen atoms in total. The number of nitrogens with zero attached hydrogens (tertiary/aromatic N) is 1. The molecule has 9 aromatic rings. The number of para-hydroxylation sites is 1. The second-order valence-corrected chi connectivity index (χ2v) is 11.0. The van der Waals surface area contributed by atoms with Gasteiger partial charge < -0.3 is 4.40 Å². The monoisotopic (exact) mass is 519 g/mol. The average molecular weight is 520 g/mol. The van der Waals surface area contributed by atoms with E-state index in [1.165, 1.54) is 82.2 Å². The van der Waals surface area contributed by atoms with E-state index in [1.54, 1.807) is 0 Å². The number of rotatable bonds is 3. The summed E-state index contributed by atoms with van der Waals surface area (Å²) in [5.41, 5.74) is 11.2. The maximum absolute atomic E-state index is 2.47. The summed E-state index contributed by atoms with van der Waals surface area (Å²) in [6.07, 6.45) is 0. The van der Waals surface area contributed by atoms with Crippen molar-refractivity contribution in [2.24, 2.45) is 0 Å². The molecule has 0 N–H and O–H groups in total. The molecular weight excluding hydrogens is 494 g/mol. The number of fused-ring (bicyclic) bond motifs is 7. The topological polar surface area (TPSA) is 4.41 Å². The first kappa shape index (κ1) is 22.4. The van der Waals surface area contributed by atoms with Crippen molar-refractivity contribution in [2.75, 3.05) is 0 Å². The summed E-state index contributed by atoms with van der Waals surface area (Å²) in [5, 5.41) is 7.80. The van der Waals surface area contributed by atoms with Gasteiger partial charge in [-0.3, -0.25) is 0 Å². The molecule has 0 fully saturated rings. The van der Waals surface area contributed by atoms with Gasteiger partial charge in [0.1, 0.15) is 0 Å². The van der Waals surface area contributed by atoms with E-state index < -0.39 is 0 Å². The molecule has 0 spiro atoms. The van der Waals surface area contributed by atoms with Crippen molar-refractivity contribution < 1.29 is 0 Å². The molecule has 0 bridgehead atoms. The molecule has 0 radical (unpaired) electrons. The standard InChI is InChI=1S/C40H25N/c1-3-10-26(11-4-1)31-20-32(27-12-5-2-6-13-27)22-33(21-31)30-18-19-38-36(24-30)34-16-9-17-35-37-23-28-14-7-8-15-29(28)25-39(37)41(38)40(34)35/h1-25H. The van der Waals surface area contributed by atoms with Crippen LogP contribution in [0.3, 0.4) is 0 Å². The predicted molar refractivity (Wildman–Crippen MR) is 175 cm³/mol. The van der Waals surface area contributed by atoms with Gasteiger partial charge in [0, 0.05) is 21.5 Å². The molecule has 41 heavy (non-hydrogen) atoms. The lowest BCUT2D eigenvalue weighted by Gasteiger charge is -2.12. The second-order valence-electron chi connectivity index (χ2n) is 11.0. The number of benzene rings is 7. The molecule has 0 saturated heterocycles. The van der Waals surface area contributed by atoms with Crippen molar-refractivity contribution in [3.05, 3.63) is 152 Å². The van der Waals surface area contributed by atoms with Crippen LogP contribution >= 0.6 is 0 Å². The first-order valence-corrected chi connectivity index (χ1v) is 14.2. The second kappa shape index (κ2) is 8.55. The van der Waals surface area contributed by atoms with Crippen LogP contribution in [0.2, 0.25) is 0 Å². The van der Waals surface area contributed by atoms with Gasteiger partial charge in [-0.25, -0.2) is 0 Å². The Morgan fingerprint density at radius 2 is 0.829 bits per heavy atom. The normalized spacial score (nSPS) is 11.9. The van der Waals surface area contributed by atoms with Crippen LogP contribution in [0.15, 0.2) is 152 Å². The van der Waals surface area contributed by atoms with Gasteiger partial charge in [-0.1, -0.05) is 109 Å². The minimum absolute atomic E-state index is 1.23. The minimum atomic E-state index is 1.23. The fourth-order valence-electron chi connectivity index (χ4n) is 6.73. The first-order valence-electron chi connectivity index (χ1n) is 14.2. The molecule has 9 rings (SSSR count). The maximum atomic E-state index is 2.47. The van der Waals surface area contributed by atoms with Crippen LogP contribution in [0, 0.1) is 0 Å². The molecule has 2 aromatic heterocycles. The zero-order valence-electron chi connectivity index (χ0n) is 22.4. The lowest BCUT2D eigenvalue weighted by molar-refractivity contribution is 1.37. The van der Waals surface area contributed by atoms with E-state index in [-0.39, 0.29) is 0 Å². The summed E-state index contributed by atoms with van der Waals surface area (Å²) in [4.78, 5) is 0. The van der Waals surface area contributed by atoms with Crippen LogP contribution in [0.4, 0.5) is 0 Å². The Morgan fingerprint density at radius 3 is 1.46 bits per heavy atom. The Balaban J connectivity index is 1.31. The van der Waals surface area contributed by atoms with Crippen LogP contribution in [-0.2, 0) is 0 Å². The molecule has 1 heteroatoms. The summed E-state index contributed by atoms with van der Waals surface area (Å²) in [6.45, 7) is 0. The maximum Gasteiger partial charge on any atom is 0.0620 e. The summed E-state index contributed by atoms with van der Waals surface area (Å²) < 4.78 is 2.47. The van der Waals surface area contributed by atoms with Gasteiger partial charge in [-0.05, 0) is 86.6 Å². The van der Waals surface area contributed by atoms with E-state index in [4.69, 9.17) is 0 Å². The highest BCUT2D eigenvalue weighted by atomic mass is 14.9. The zero-order valence-corrected chi connectivity index (χ0v) is 22.4. The lowest BCUT2D eigenvalue weighted by Crippen LogP contribution is -1.87. The third-order valence-electron chi connectivity index (χ3n) is 8.66. The molecule has 190 valence electrons.